The first-order valence-corrected chi connectivity index (χ1v) is 5.41. The van der Waals surface area contributed by atoms with Crippen LogP contribution in [0.1, 0.15) is 31.9 Å². The van der Waals surface area contributed by atoms with Crippen molar-refractivity contribution >= 4 is 23.0 Å². The summed E-state index contributed by atoms with van der Waals surface area (Å²) in [7, 11) is 0. The van der Waals surface area contributed by atoms with Crippen LogP contribution in [0.5, 0.6) is 0 Å². The predicted molar refractivity (Wildman–Crippen MR) is 63.8 cm³/mol. The van der Waals surface area contributed by atoms with Gasteiger partial charge in [0.15, 0.2) is 5.82 Å². The maximum absolute atomic E-state index is 5.58. The van der Waals surface area contributed by atoms with Gasteiger partial charge in [-0.25, -0.2) is 9.97 Å². The largest absolute Gasteiger partial charge is 0.388 e. The Labute approximate surface area is 94.3 Å². The first-order chi connectivity index (χ1) is 7.11. The fraction of sp³-hybridized carbons (Fsp3) is 0.500. The number of nitrogens with one attached hydrogen (secondary N) is 1. The molecular weight excluding hydrogens is 208 g/mol. The molecule has 1 aromatic rings. The summed E-state index contributed by atoms with van der Waals surface area (Å²) >= 11 is 4.93. The van der Waals surface area contributed by atoms with E-state index in [1.807, 2.05) is 0 Å². The highest BCUT2D eigenvalue weighted by Crippen LogP contribution is 2.34. The summed E-state index contributed by atoms with van der Waals surface area (Å²) in [5, 5.41) is 3.36. The zero-order valence-corrected chi connectivity index (χ0v) is 9.47. The van der Waals surface area contributed by atoms with Gasteiger partial charge in [-0.2, -0.15) is 0 Å². The third kappa shape index (κ3) is 2.07. The van der Waals surface area contributed by atoms with E-state index in [1.165, 1.54) is 6.42 Å². The second-order valence-corrected chi connectivity index (χ2v) is 4.60. The minimum atomic E-state index is 0.134. The number of hydrogen-bond acceptors (Lipinski definition) is 4. The highest BCUT2D eigenvalue weighted by Gasteiger charge is 2.32. The molecule has 0 aliphatic heterocycles. The maximum Gasteiger partial charge on any atom is 0.155 e. The summed E-state index contributed by atoms with van der Waals surface area (Å²) in [4.78, 5) is 8.64. The third-order valence-corrected chi connectivity index (χ3v) is 3.00. The summed E-state index contributed by atoms with van der Waals surface area (Å²) in [6.07, 6.45) is 6.81. The molecule has 5 heteroatoms. The minimum absolute atomic E-state index is 0.134. The Hall–Kier alpha value is -1.23. The van der Waals surface area contributed by atoms with Crippen LogP contribution in [0.2, 0.25) is 0 Å². The van der Waals surface area contributed by atoms with Gasteiger partial charge in [0, 0.05) is 17.9 Å². The normalized spacial score (nSPS) is 17.9. The number of aromatic nitrogens is 2. The SMILES string of the molecule is CC1(Nc2nccnc2C(N)=S)CCC1. The van der Waals surface area contributed by atoms with E-state index in [0.717, 1.165) is 12.8 Å². The molecule has 1 saturated carbocycles. The van der Waals surface area contributed by atoms with Crippen LogP contribution in [-0.2, 0) is 0 Å². The topological polar surface area (TPSA) is 63.8 Å². The zero-order valence-electron chi connectivity index (χ0n) is 8.66. The van der Waals surface area contributed by atoms with Gasteiger partial charge in [-0.05, 0) is 26.2 Å². The number of nitrogens with zero attached hydrogens (tertiary/aromatic N) is 2. The van der Waals surface area contributed by atoms with Crippen molar-refractivity contribution in [2.75, 3.05) is 5.32 Å². The van der Waals surface area contributed by atoms with E-state index >= 15 is 0 Å². The second-order valence-electron chi connectivity index (χ2n) is 4.16. The molecule has 2 rings (SSSR count). The molecule has 80 valence electrons. The van der Waals surface area contributed by atoms with Crippen molar-refractivity contribution in [2.24, 2.45) is 5.73 Å². The average Bonchev–Trinajstić information content (AvgIpc) is 2.16. The average molecular weight is 222 g/mol. The van der Waals surface area contributed by atoms with Gasteiger partial charge in [-0.1, -0.05) is 12.2 Å². The van der Waals surface area contributed by atoms with E-state index in [2.05, 4.69) is 22.2 Å². The minimum Gasteiger partial charge on any atom is -0.388 e. The number of thiocarbonyl (C=S) groups is 1. The summed E-state index contributed by atoms with van der Waals surface area (Å²) < 4.78 is 0. The Morgan fingerprint density at radius 1 is 1.47 bits per heavy atom. The van der Waals surface area contributed by atoms with Crippen molar-refractivity contribution in [1.82, 2.24) is 9.97 Å². The number of anilines is 1. The van der Waals surface area contributed by atoms with E-state index < -0.39 is 0 Å². The lowest BCUT2D eigenvalue weighted by Gasteiger charge is -2.39. The summed E-state index contributed by atoms with van der Waals surface area (Å²) in [6, 6.07) is 0. The molecule has 0 saturated heterocycles. The molecule has 0 amide bonds. The molecule has 4 nitrogen and oxygen atoms in total. The number of rotatable bonds is 3. The Morgan fingerprint density at radius 2 is 2.13 bits per heavy atom. The molecule has 1 aromatic heterocycles. The van der Waals surface area contributed by atoms with E-state index in [-0.39, 0.29) is 10.5 Å². The standard InChI is InChI=1S/C10H14N4S/c1-10(3-2-4-10)14-9-7(8(11)15)12-5-6-13-9/h5-6H,2-4H2,1H3,(H2,11,15)(H,13,14). The van der Waals surface area contributed by atoms with E-state index in [0.29, 0.717) is 11.5 Å². The summed E-state index contributed by atoms with van der Waals surface area (Å²) in [5.41, 5.74) is 6.30. The molecule has 1 heterocycles. The molecule has 0 atom stereocenters. The Morgan fingerprint density at radius 3 is 2.67 bits per heavy atom. The van der Waals surface area contributed by atoms with E-state index in [1.54, 1.807) is 12.4 Å². The number of nitrogens with two attached hydrogens (primary N) is 1. The molecule has 0 unspecified atom stereocenters. The second kappa shape index (κ2) is 3.73. The molecule has 0 bridgehead atoms. The van der Waals surface area contributed by atoms with Gasteiger partial charge in [0.1, 0.15) is 10.7 Å². The van der Waals surface area contributed by atoms with Crippen LogP contribution in [0, 0.1) is 0 Å². The molecule has 15 heavy (non-hydrogen) atoms. The monoisotopic (exact) mass is 222 g/mol. The van der Waals surface area contributed by atoms with Crippen molar-refractivity contribution < 1.29 is 0 Å². The zero-order chi connectivity index (χ0) is 10.9. The van der Waals surface area contributed by atoms with Crippen LogP contribution in [0.15, 0.2) is 12.4 Å². The van der Waals surface area contributed by atoms with E-state index in [9.17, 15) is 0 Å². The van der Waals surface area contributed by atoms with Crippen molar-refractivity contribution in [3.63, 3.8) is 0 Å². The lowest BCUT2D eigenvalue weighted by molar-refractivity contribution is 0.305. The van der Waals surface area contributed by atoms with Crippen molar-refractivity contribution in [2.45, 2.75) is 31.7 Å². The van der Waals surface area contributed by atoms with Crippen molar-refractivity contribution in [1.29, 1.82) is 0 Å². The highest BCUT2D eigenvalue weighted by atomic mass is 32.1. The van der Waals surface area contributed by atoms with Crippen LogP contribution >= 0.6 is 12.2 Å². The Balaban J connectivity index is 2.23. The molecule has 1 aliphatic rings. The third-order valence-electron chi connectivity index (χ3n) is 2.81. The lowest BCUT2D eigenvalue weighted by Crippen LogP contribution is -2.42. The fourth-order valence-corrected chi connectivity index (χ4v) is 1.88. The highest BCUT2D eigenvalue weighted by molar-refractivity contribution is 7.80. The van der Waals surface area contributed by atoms with Gasteiger partial charge in [-0.15, -0.1) is 0 Å². The van der Waals surface area contributed by atoms with Crippen LogP contribution in [0.25, 0.3) is 0 Å². The molecule has 0 radical (unpaired) electrons. The van der Waals surface area contributed by atoms with Crippen LogP contribution in [0.3, 0.4) is 0 Å². The molecular formula is C10H14N4S. The summed E-state index contributed by atoms with van der Waals surface area (Å²) in [6.45, 7) is 2.18. The molecule has 0 aromatic carbocycles. The van der Waals surface area contributed by atoms with Gasteiger partial charge in [0.25, 0.3) is 0 Å². The Kier molecular flexibility index (Phi) is 2.56. The van der Waals surface area contributed by atoms with E-state index in [4.69, 9.17) is 18.0 Å². The predicted octanol–water partition coefficient (Wildman–Crippen LogP) is 1.47. The Bertz CT molecular complexity index is 387. The van der Waals surface area contributed by atoms with Crippen molar-refractivity contribution in [3.8, 4) is 0 Å². The van der Waals surface area contributed by atoms with Crippen molar-refractivity contribution in [3.05, 3.63) is 18.1 Å². The van der Waals surface area contributed by atoms with Gasteiger partial charge in [0.2, 0.25) is 0 Å². The maximum atomic E-state index is 5.58. The van der Waals surface area contributed by atoms with Crippen LogP contribution < -0.4 is 11.1 Å². The first kappa shape index (κ1) is 10.3. The molecule has 1 fully saturated rings. The van der Waals surface area contributed by atoms with Gasteiger partial charge >= 0.3 is 0 Å². The number of hydrogen-bond donors (Lipinski definition) is 2. The summed E-state index contributed by atoms with van der Waals surface area (Å²) in [5.74, 6) is 0.701. The fourth-order valence-electron chi connectivity index (χ4n) is 1.73. The molecule has 0 spiro atoms. The van der Waals surface area contributed by atoms with Crippen LogP contribution in [0.4, 0.5) is 5.82 Å². The smallest absolute Gasteiger partial charge is 0.155 e. The molecule has 1 aliphatic carbocycles. The van der Waals surface area contributed by atoms with Gasteiger partial charge in [-0.3, -0.25) is 0 Å². The van der Waals surface area contributed by atoms with Gasteiger partial charge < -0.3 is 11.1 Å². The van der Waals surface area contributed by atoms with Gasteiger partial charge in [0.05, 0.1) is 0 Å². The molecule has 3 N–H and O–H groups in total. The van der Waals surface area contributed by atoms with Crippen LogP contribution in [-0.4, -0.2) is 20.5 Å². The quantitative estimate of drug-likeness (QED) is 0.758. The lowest BCUT2D eigenvalue weighted by atomic mass is 9.78. The first-order valence-electron chi connectivity index (χ1n) is 5.00.